The second kappa shape index (κ2) is 6.74. The highest BCUT2D eigenvalue weighted by molar-refractivity contribution is 5.93. The predicted molar refractivity (Wildman–Crippen MR) is 94.4 cm³/mol. The van der Waals surface area contributed by atoms with Crippen LogP contribution in [0.25, 0.3) is 11.1 Å². The minimum absolute atomic E-state index is 0.0869. The van der Waals surface area contributed by atoms with Gasteiger partial charge in [0.05, 0.1) is 5.52 Å². The molecule has 1 heterocycles. The van der Waals surface area contributed by atoms with Crippen LogP contribution in [-0.4, -0.2) is 17.4 Å². The zero-order valence-electron chi connectivity index (χ0n) is 13.8. The summed E-state index contributed by atoms with van der Waals surface area (Å²) in [6.45, 7) is 4.63. The van der Waals surface area contributed by atoms with E-state index in [-0.39, 0.29) is 5.91 Å². The first-order valence-corrected chi connectivity index (χ1v) is 8.05. The van der Waals surface area contributed by atoms with Crippen molar-refractivity contribution >= 4 is 22.7 Å². The summed E-state index contributed by atoms with van der Waals surface area (Å²) in [5.74, 6) is -0.376. The third kappa shape index (κ3) is 3.40. The van der Waals surface area contributed by atoms with E-state index in [1.54, 1.807) is 11.0 Å². The van der Waals surface area contributed by atoms with E-state index >= 15 is 0 Å². The molecule has 124 valence electrons. The first-order valence-electron chi connectivity index (χ1n) is 8.05. The van der Waals surface area contributed by atoms with Gasteiger partial charge in [-0.3, -0.25) is 9.78 Å². The van der Waals surface area contributed by atoms with E-state index in [9.17, 15) is 9.59 Å². The summed E-state index contributed by atoms with van der Waals surface area (Å²) in [6, 6.07) is 13.4. The number of H-pyrrole nitrogens is 1. The van der Waals surface area contributed by atoms with Crippen LogP contribution in [0.4, 0.5) is 5.69 Å². The normalized spacial score (nSPS) is 10.9. The van der Waals surface area contributed by atoms with Crippen molar-refractivity contribution in [2.45, 2.75) is 26.7 Å². The van der Waals surface area contributed by atoms with Gasteiger partial charge in [0.15, 0.2) is 5.58 Å². The molecule has 1 amide bonds. The molecule has 0 radical (unpaired) electrons. The number of oxazole rings is 1. The Morgan fingerprint density at radius 2 is 2.04 bits per heavy atom. The molecule has 0 fully saturated rings. The molecule has 2 aromatic carbocycles. The van der Waals surface area contributed by atoms with E-state index in [2.05, 4.69) is 4.98 Å². The van der Waals surface area contributed by atoms with Crippen molar-refractivity contribution in [3.8, 4) is 0 Å². The number of rotatable bonds is 5. The molecule has 3 aromatic rings. The molecule has 0 atom stereocenters. The topological polar surface area (TPSA) is 66.3 Å². The standard InChI is InChI=1S/C19H20N2O3/c1-3-21(15-6-4-5-13(2)11-15)18(22)10-8-14-7-9-17-16(12-14)20-19(23)24-17/h4-7,9,11-12H,3,8,10H2,1-2H3,(H,20,23). The highest BCUT2D eigenvalue weighted by Gasteiger charge is 2.14. The molecule has 5 heteroatoms. The molecule has 0 aliphatic carbocycles. The van der Waals surface area contributed by atoms with Crippen molar-refractivity contribution in [1.82, 2.24) is 4.98 Å². The van der Waals surface area contributed by atoms with Gasteiger partial charge in [-0.15, -0.1) is 0 Å². The van der Waals surface area contributed by atoms with E-state index in [1.807, 2.05) is 50.2 Å². The van der Waals surface area contributed by atoms with Crippen LogP contribution in [0.5, 0.6) is 0 Å². The van der Waals surface area contributed by atoms with Gasteiger partial charge in [-0.2, -0.15) is 0 Å². The summed E-state index contributed by atoms with van der Waals surface area (Å²) in [7, 11) is 0. The highest BCUT2D eigenvalue weighted by Crippen LogP contribution is 2.18. The van der Waals surface area contributed by atoms with Gasteiger partial charge in [-0.1, -0.05) is 18.2 Å². The molecule has 0 spiro atoms. The fourth-order valence-corrected chi connectivity index (χ4v) is 2.84. The van der Waals surface area contributed by atoms with E-state index in [0.717, 1.165) is 16.8 Å². The number of nitrogens with zero attached hydrogens (tertiary/aromatic N) is 1. The molecule has 1 N–H and O–H groups in total. The summed E-state index contributed by atoms with van der Waals surface area (Å²) in [4.78, 5) is 28.2. The fourth-order valence-electron chi connectivity index (χ4n) is 2.84. The van der Waals surface area contributed by atoms with Crippen molar-refractivity contribution in [1.29, 1.82) is 0 Å². The molecule has 1 aromatic heterocycles. The molecule has 24 heavy (non-hydrogen) atoms. The molecule has 0 aliphatic heterocycles. The molecule has 0 unspecified atom stereocenters. The minimum atomic E-state index is -0.463. The van der Waals surface area contributed by atoms with E-state index < -0.39 is 5.76 Å². The number of carbonyl (C=O) groups excluding carboxylic acids is 1. The number of aryl methyl sites for hydroxylation is 2. The van der Waals surface area contributed by atoms with Crippen molar-refractivity contribution in [3.05, 3.63) is 64.1 Å². The van der Waals surface area contributed by atoms with Gasteiger partial charge in [0.1, 0.15) is 0 Å². The highest BCUT2D eigenvalue weighted by atomic mass is 16.4. The van der Waals surface area contributed by atoms with Crippen LogP contribution in [-0.2, 0) is 11.2 Å². The van der Waals surface area contributed by atoms with Gasteiger partial charge in [0, 0.05) is 18.7 Å². The Balaban J connectivity index is 1.71. The van der Waals surface area contributed by atoms with E-state index in [0.29, 0.717) is 30.5 Å². The third-order valence-corrected chi connectivity index (χ3v) is 4.04. The lowest BCUT2D eigenvalue weighted by Gasteiger charge is -2.21. The lowest BCUT2D eigenvalue weighted by molar-refractivity contribution is -0.118. The average molecular weight is 324 g/mol. The molecule has 0 bridgehead atoms. The maximum absolute atomic E-state index is 12.6. The quantitative estimate of drug-likeness (QED) is 0.782. The number of aromatic amines is 1. The Hall–Kier alpha value is -2.82. The minimum Gasteiger partial charge on any atom is -0.408 e. The first-order chi connectivity index (χ1) is 11.6. The maximum Gasteiger partial charge on any atom is 0.417 e. The molecule has 0 aliphatic rings. The molecule has 0 saturated carbocycles. The number of hydrogen-bond acceptors (Lipinski definition) is 3. The summed E-state index contributed by atoms with van der Waals surface area (Å²) >= 11 is 0. The van der Waals surface area contributed by atoms with E-state index in [1.165, 1.54) is 0 Å². The van der Waals surface area contributed by atoms with Crippen molar-refractivity contribution in [2.75, 3.05) is 11.4 Å². The van der Waals surface area contributed by atoms with Gasteiger partial charge in [0.2, 0.25) is 5.91 Å². The molecule has 5 nitrogen and oxygen atoms in total. The summed E-state index contributed by atoms with van der Waals surface area (Å²) in [5.41, 5.74) is 4.25. The molecule has 3 rings (SSSR count). The van der Waals surface area contributed by atoms with E-state index in [4.69, 9.17) is 4.42 Å². The van der Waals surface area contributed by atoms with Crippen LogP contribution < -0.4 is 10.7 Å². The molecular weight excluding hydrogens is 304 g/mol. The number of anilines is 1. The van der Waals surface area contributed by atoms with Crippen molar-refractivity contribution in [2.24, 2.45) is 0 Å². The van der Waals surface area contributed by atoms with Gasteiger partial charge in [-0.05, 0) is 55.7 Å². The summed E-state index contributed by atoms with van der Waals surface area (Å²) in [6.07, 6.45) is 1.03. The zero-order chi connectivity index (χ0) is 17.1. The number of benzene rings is 2. The Morgan fingerprint density at radius 3 is 2.79 bits per heavy atom. The summed E-state index contributed by atoms with van der Waals surface area (Å²) < 4.78 is 4.99. The van der Waals surface area contributed by atoms with Crippen LogP contribution in [0.2, 0.25) is 0 Å². The van der Waals surface area contributed by atoms with Crippen molar-refractivity contribution in [3.63, 3.8) is 0 Å². The number of aromatic nitrogens is 1. The van der Waals surface area contributed by atoms with Crippen LogP contribution in [0.3, 0.4) is 0 Å². The fraction of sp³-hybridized carbons (Fsp3) is 0.263. The molecular formula is C19H20N2O3. The van der Waals surface area contributed by atoms with Crippen LogP contribution in [0, 0.1) is 6.92 Å². The van der Waals surface area contributed by atoms with Gasteiger partial charge in [0.25, 0.3) is 0 Å². The zero-order valence-corrected chi connectivity index (χ0v) is 13.8. The Kier molecular flexibility index (Phi) is 4.51. The van der Waals surface area contributed by atoms with Crippen molar-refractivity contribution < 1.29 is 9.21 Å². The van der Waals surface area contributed by atoms with Gasteiger partial charge < -0.3 is 9.32 Å². The lowest BCUT2D eigenvalue weighted by Crippen LogP contribution is -2.30. The SMILES string of the molecule is CCN(C(=O)CCc1ccc2oc(=O)[nH]c2c1)c1cccc(C)c1. The monoisotopic (exact) mass is 324 g/mol. The van der Waals surface area contributed by atoms with Gasteiger partial charge >= 0.3 is 5.76 Å². The average Bonchev–Trinajstić information content (AvgIpc) is 2.93. The Morgan fingerprint density at radius 1 is 1.21 bits per heavy atom. The third-order valence-electron chi connectivity index (χ3n) is 4.04. The second-order valence-electron chi connectivity index (χ2n) is 5.82. The van der Waals surface area contributed by atoms with Crippen LogP contribution in [0.15, 0.2) is 51.7 Å². The second-order valence-corrected chi connectivity index (χ2v) is 5.82. The lowest BCUT2D eigenvalue weighted by atomic mass is 10.1. The first kappa shape index (κ1) is 16.1. The smallest absolute Gasteiger partial charge is 0.408 e. The number of fused-ring (bicyclic) bond motifs is 1. The van der Waals surface area contributed by atoms with Crippen LogP contribution in [0.1, 0.15) is 24.5 Å². The molecule has 0 saturated heterocycles. The van der Waals surface area contributed by atoms with Gasteiger partial charge in [-0.25, -0.2) is 4.79 Å². The largest absolute Gasteiger partial charge is 0.417 e. The number of carbonyl (C=O) groups is 1. The maximum atomic E-state index is 12.6. The predicted octanol–water partition coefficient (Wildman–Crippen LogP) is 3.42. The number of hydrogen-bond donors (Lipinski definition) is 1. The Labute approximate surface area is 139 Å². The summed E-state index contributed by atoms with van der Waals surface area (Å²) in [5, 5.41) is 0. The number of nitrogens with one attached hydrogen (secondary N) is 1. The number of amides is 1. The Bertz CT molecular complexity index is 924. The van der Waals surface area contributed by atoms with Crippen LogP contribution >= 0.6 is 0 Å².